The van der Waals surface area contributed by atoms with E-state index in [0.717, 1.165) is 25.0 Å². The van der Waals surface area contributed by atoms with Crippen LogP contribution >= 0.6 is 0 Å². The van der Waals surface area contributed by atoms with Gasteiger partial charge in [-0.15, -0.1) is 0 Å². The highest BCUT2D eigenvalue weighted by molar-refractivity contribution is 5.91. The van der Waals surface area contributed by atoms with Crippen molar-refractivity contribution in [3.8, 4) is 0 Å². The highest BCUT2D eigenvalue weighted by Gasteiger charge is 2.06. The van der Waals surface area contributed by atoms with Crippen LogP contribution in [0.25, 0.3) is 0 Å². The van der Waals surface area contributed by atoms with E-state index in [4.69, 9.17) is 0 Å². The van der Waals surface area contributed by atoms with Crippen molar-refractivity contribution in [2.24, 2.45) is 0 Å². The maximum absolute atomic E-state index is 11.6. The van der Waals surface area contributed by atoms with Gasteiger partial charge in [0.05, 0.1) is 6.54 Å². The SMILES string of the molecule is CCCc1cc(NC(=O)CNC(C)CC)n[nH]1. The molecule has 1 unspecified atom stereocenters. The fourth-order valence-corrected chi connectivity index (χ4v) is 1.42. The Balaban J connectivity index is 2.34. The minimum atomic E-state index is -0.0557. The smallest absolute Gasteiger partial charge is 0.239 e. The first-order valence-corrected chi connectivity index (χ1v) is 6.23. The van der Waals surface area contributed by atoms with Gasteiger partial charge in [-0.3, -0.25) is 9.89 Å². The van der Waals surface area contributed by atoms with Crippen LogP contribution in [0.2, 0.25) is 0 Å². The van der Waals surface area contributed by atoms with E-state index in [-0.39, 0.29) is 5.91 Å². The molecule has 1 rings (SSSR count). The topological polar surface area (TPSA) is 69.8 Å². The molecule has 5 heteroatoms. The molecular formula is C12H22N4O. The molecule has 1 heterocycles. The molecule has 0 spiro atoms. The summed E-state index contributed by atoms with van der Waals surface area (Å²) in [5.41, 5.74) is 1.05. The third kappa shape index (κ3) is 4.99. The molecule has 1 atom stereocenters. The highest BCUT2D eigenvalue weighted by Crippen LogP contribution is 2.06. The lowest BCUT2D eigenvalue weighted by atomic mass is 10.2. The lowest BCUT2D eigenvalue weighted by molar-refractivity contribution is -0.115. The molecule has 96 valence electrons. The number of H-pyrrole nitrogens is 1. The number of carbonyl (C=O) groups excluding carboxylic acids is 1. The van der Waals surface area contributed by atoms with E-state index in [0.29, 0.717) is 18.4 Å². The number of hydrogen-bond donors (Lipinski definition) is 3. The minimum absolute atomic E-state index is 0.0557. The monoisotopic (exact) mass is 238 g/mol. The molecule has 0 radical (unpaired) electrons. The molecule has 0 aromatic carbocycles. The van der Waals surface area contributed by atoms with Crippen molar-refractivity contribution in [2.45, 2.75) is 46.1 Å². The highest BCUT2D eigenvalue weighted by atomic mass is 16.2. The summed E-state index contributed by atoms with van der Waals surface area (Å²) in [5.74, 6) is 0.546. The van der Waals surface area contributed by atoms with Crippen molar-refractivity contribution in [3.63, 3.8) is 0 Å². The zero-order valence-electron chi connectivity index (χ0n) is 10.8. The zero-order valence-corrected chi connectivity index (χ0v) is 10.8. The number of aryl methyl sites for hydroxylation is 1. The summed E-state index contributed by atoms with van der Waals surface area (Å²) in [6.45, 7) is 6.57. The lowest BCUT2D eigenvalue weighted by Crippen LogP contribution is -2.34. The van der Waals surface area contributed by atoms with Gasteiger partial charge in [0.2, 0.25) is 5.91 Å². The maximum Gasteiger partial charge on any atom is 0.239 e. The van der Waals surface area contributed by atoms with Crippen LogP contribution in [0.4, 0.5) is 5.82 Å². The van der Waals surface area contributed by atoms with Crippen molar-refractivity contribution in [1.29, 1.82) is 0 Å². The van der Waals surface area contributed by atoms with Gasteiger partial charge >= 0.3 is 0 Å². The molecule has 0 bridgehead atoms. The Labute approximate surface area is 102 Å². The predicted octanol–water partition coefficient (Wildman–Crippen LogP) is 1.69. The van der Waals surface area contributed by atoms with E-state index < -0.39 is 0 Å². The van der Waals surface area contributed by atoms with Gasteiger partial charge in [-0.1, -0.05) is 20.3 Å². The molecule has 3 N–H and O–H groups in total. The number of carbonyl (C=O) groups is 1. The van der Waals surface area contributed by atoms with Gasteiger partial charge in [0.15, 0.2) is 5.82 Å². The molecule has 1 amide bonds. The van der Waals surface area contributed by atoms with Crippen LogP contribution < -0.4 is 10.6 Å². The third-order valence-electron chi connectivity index (χ3n) is 2.64. The molecule has 17 heavy (non-hydrogen) atoms. The standard InChI is InChI=1S/C12H22N4O/c1-4-6-10-7-11(16-15-10)14-12(17)8-13-9(3)5-2/h7,9,13H,4-6,8H2,1-3H3,(H2,14,15,16,17). The molecule has 0 aliphatic carbocycles. The zero-order chi connectivity index (χ0) is 12.7. The Morgan fingerprint density at radius 3 is 2.94 bits per heavy atom. The normalized spacial score (nSPS) is 12.4. The Morgan fingerprint density at radius 1 is 1.53 bits per heavy atom. The van der Waals surface area contributed by atoms with E-state index in [1.165, 1.54) is 0 Å². The largest absolute Gasteiger partial charge is 0.308 e. The molecule has 0 aliphatic rings. The number of rotatable bonds is 7. The van der Waals surface area contributed by atoms with Crippen LogP contribution in [0.15, 0.2) is 6.07 Å². The summed E-state index contributed by atoms with van der Waals surface area (Å²) < 4.78 is 0. The minimum Gasteiger partial charge on any atom is -0.308 e. The van der Waals surface area contributed by atoms with E-state index in [2.05, 4.69) is 41.6 Å². The first-order chi connectivity index (χ1) is 8.15. The van der Waals surface area contributed by atoms with Crippen molar-refractivity contribution < 1.29 is 4.79 Å². The summed E-state index contributed by atoms with van der Waals surface area (Å²) in [6.07, 6.45) is 3.02. The second-order valence-electron chi connectivity index (χ2n) is 4.27. The van der Waals surface area contributed by atoms with Crippen molar-refractivity contribution in [3.05, 3.63) is 11.8 Å². The quantitative estimate of drug-likeness (QED) is 0.677. The van der Waals surface area contributed by atoms with E-state index >= 15 is 0 Å². The van der Waals surface area contributed by atoms with Crippen molar-refractivity contribution in [2.75, 3.05) is 11.9 Å². The molecule has 5 nitrogen and oxygen atoms in total. The van der Waals surface area contributed by atoms with Gasteiger partial charge in [0, 0.05) is 17.8 Å². The predicted molar refractivity (Wildman–Crippen MR) is 69.0 cm³/mol. The van der Waals surface area contributed by atoms with Crippen LogP contribution in [0, 0.1) is 0 Å². The molecule has 0 saturated heterocycles. The molecule has 0 aliphatic heterocycles. The number of aromatic amines is 1. The lowest BCUT2D eigenvalue weighted by Gasteiger charge is -2.10. The molecule has 1 aromatic rings. The average Bonchev–Trinajstić information content (AvgIpc) is 2.74. The fraction of sp³-hybridized carbons (Fsp3) is 0.667. The summed E-state index contributed by atoms with van der Waals surface area (Å²) in [6, 6.07) is 2.24. The number of aromatic nitrogens is 2. The second kappa shape index (κ2) is 7.06. The summed E-state index contributed by atoms with van der Waals surface area (Å²) in [5, 5.41) is 12.8. The molecule has 0 saturated carbocycles. The summed E-state index contributed by atoms with van der Waals surface area (Å²) in [4.78, 5) is 11.6. The number of nitrogens with zero attached hydrogens (tertiary/aromatic N) is 1. The van der Waals surface area contributed by atoms with Crippen LogP contribution in [0.3, 0.4) is 0 Å². The van der Waals surface area contributed by atoms with Crippen molar-refractivity contribution in [1.82, 2.24) is 15.5 Å². The molecule has 0 fully saturated rings. The van der Waals surface area contributed by atoms with E-state index in [1.807, 2.05) is 6.07 Å². The van der Waals surface area contributed by atoms with Crippen LogP contribution in [-0.4, -0.2) is 28.7 Å². The van der Waals surface area contributed by atoms with Crippen LogP contribution in [0.1, 0.15) is 39.3 Å². The van der Waals surface area contributed by atoms with Gasteiger partial charge in [0.1, 0.15) is 0 Å². The number of anilines is 1. The van der Waals surface area contributed by atoms with Gasteiger partial charge < -0.3 is 10.6 Å². The second-order valence-corrected chi connectivity index (χ2v) is 4.27. The molecular weight excluding hydrogens is 216 g/mol. The number of hydrogen-bond acceptors (Lipinski definition) is 3. The van der Waals surface area contributed by atoms with Crippen LogP contribution in [0.5, 0.6) is 0 Å². The Kier molecular flexibility index (Phi) is 5.69. The first kappa shape index (κ1) is 13.7. The van der Waals surface area contributed by atoms with Gasteiger partial charge in [-0.25, -0.2) is 0 Å². The Bertz CT molecular complexity index is 348. The summed E-state index contributed by atoms with van der Waals surface area (Å²) >= 11 is 0. The van der Waals surface area contributed by atoms with Gasteiger partial charge in [0.25, 0.3) is 0 Å². The fourth-order valence-electron chi connectivity index (χ4n) is 1.42. The van der Waals surface area contributed by atoms with Crippen LogP contribution in [-0.2, 0) is 11.2 Å². The van der Waals surface area contributed by atoms with Crippen molar-refractivity contribution >= 4 is 11.7 Å². The molecule has 1 aromatic heterocycles. The van der Waals surface area contributed by atoms with E-state index in [9.17, 15) is 4.79 Å². The number of nitrogens with one attached hydrogen (secondary N) is 3. The Hall–Kier alpha value is -1.36. The third-order valence-corrected chi connectivity index (χ3v) is 2.64. The number of amides is 1. The average molecular weight is 238 g/mol. The summed E-state index contributed by atoms with van der Waals surface area (Å²) in [7, 11) is 0. The first-order valence-electron chi connectivity index (χ1n) is 6.23. The maximum atomic E-state index is 11.6. The van der Waals surface area contributed by atoms with Gasteiger partial charge in [-0.05, 0) is 19.8 Å². The van der Waals surface area contributed by atoms with Gasteiger partial charge in [-0.2, -0.15) is 5.10 Å². The Morgan fingerprint density at radius 2 is 2.29 bits per heavy atom. The van der Waals surface area contributed by atoms with E-state index in [1.54, 1.807) is 0 Å².